The molecule has 3 aliphatic rings. The number of nitrogens with zero attached hydrogens (tertiary/aromatic N) is 1. The number of carbonyl (C=O) groups is 1. The summed E-state index contributed by atoms with van der Waals surface area (Å²) < 4.78 is 17.1. The Morgan fingerprint density at radius 1 is 1.31 bits per heavy atom. The maximum absolute atomic E-state index is 12.4. The summed E-state index contributed by atoms with van der Waals surface area (Å²) in [6.45, 7) is 3.50. The van der Waals surface area contributed by atoms with E-state index in [1.54, 1.807) is 7.11 Å². The van der Waals surface area contributed by atoms with Gasteiger partial charge in [-0.2, -0.15) is 0 Å². The Kier molecular flexibility index (Phi) is 4.94. The third-order valence-electron chi connectivity index (χ3n) is 6.01. The number of carbonyl (C=O) groups excluding carboxylic acids is 1. The molecule has 1 saturated carbocycles. The number of ether oxygens (including phenoxy) is 3. The number of likely N-dealkylation sites (tertiary alicyclic amines) is 1. The SMILES string of the molecule is COCC1(C2CCC2)CN(C(=O)NCCC2COc3ccccc3O2)C1. The number of hydrogen-bond acceptors (Lipinski definition) is 4. The number of para-hydroxylation sites is 2. The summed E-state index contributed by atoms with van der Waals surface area (Å²) in [7, 11) is 1.76. The topological polar surface area (TPSA) is 60.0 Å². The Balaban J connectivity index is 1.20. The van der Waals surface area contributed by atoms with E-state index in [-0.39, 0.29) is 17.6 Å². The smallest absolute Gasteiger partial charge is 0.317 e. The van der Waals surface area contributed by atoms with Gasteiger partial charge >= 0.3 is 6.03 Å². The molecule has 142 valence electrons. The fraction of sp³-hybridized carbons (Fsp3) is 0.650. The Morgan fingerprint density at radius 2 is 2.08 bits per heavy atom. The third kappa shape index (κ3) is 3.34. The second-order valence-corrected chi connectivity index (χ2v) is 7.80. The van der Waals surface area contributed by atoms with Crippen molar-refractivity contribution in [2.75, 3.05) is 40.0 Å². The standard InChI is InChI=1S/C20H28N2O4/c1-24-14-20(15-5-4-6-15)12-22(13-20)19(23)21-10-9-16-11-25-17-7-2-3-8-18(17)26-16/h2-3,7-8,15-16H,4-6,9-14H2,1H3,(H,21,23). The fourth-order valence-corrected chi connectivity index (χ4v) is 4.29. The van der Waals surface area contributed by atoms with Crippen molar-refractivity contribution in [2.24, 2.45) is 11.3 Å². The average Bonchev–Trinajstić information content (AvgIpc) is 2.57. The highest BCUT2D eigenvalue weighted by atomic mass is 16.6. The molecule has 6 heteroatoms. The molecular formula is C20H28N2O4. The van der Waals surface area contributed by atoms with Gasteiger partial charge in [0.05, 0.1) is 6.61 Å². The third-order valence-corrected chi connectivity index (χ3v) is 6.01. The number of benzene rings is 1. The predicted octanol–water partition coefficient (Wildman–Crippen LogP) is 2.67. The second-order valence-electron chi connectivity index (χ2n) is 7.80. The molecule has 1 aromatic carbocycles. The van der Waals surface area contributed by atoms with Crippen LogP contribution in [0, 0.1) is 11.3 Å². The summed E-state index contributed by atoms with van der Waals surface area (Å²) in [4.78, 5) is 14.3. The van der Waals surface area contributed by atoms with E-state index in [4.69, 9.17) is 14.2 Å². The van der Waals surface area contributed by atoms with Gasteiger partial charge < -0.3 is 24.4 Å². The van der Waals surface area contributed by atoms with Gasteiger partial charge in [0.2, 0.25) is 0 Å². The quantitative estimate of drug-likeness (QED) is 0.847. The lowest BCUT2D eigenvalue weighted by atomic mass is 9.61. The Labute approximate surface area is 154 Å². The average molecular weight is 360 g/mol. The van der Waals surface area contributed by atoms with Crippen LogP contribution in [0.4, 0.5) is 4.79 Å². The molecule has 26 heavy (non-hydrogen) atoms. The van der Waals surface area contributed by atoms with E-state index in [1.807, 2.05) is 29.2 Å². The minimum atomic E-state index is -0.0239. The first kappa shape index (κ1) is 17.5. The van der Waals surface area contributed by atoms with Gasteiger partial charge in [0.1, 0.15) is 12.7 Å². The van der Waals surface area contributed by atoms with E-state index in [2.05, 4.69) is 5.32 Å². The van der Waals surface area contributed by atoms with Crippen molar-refractivity contribution in [3.05, 3.63) is 24.3 Å². The Hall–Kier alpha value is -1.95. The Morgan fingerprint density at radius 3 is 2.77 bits per heavy atom. The lowest BCUT2D eigenvalue weighted by Gasteiger charge is -2.56. The molecule has 2 amide bonds. The molecule has 1 saturated heterocycles. The zero-order valence-electron chi connectivity index (χ0n) is 15.4. The number of amides is 2. The molecule has 1 atom stereocenters. The van der Waals surface area contributed by atoms with Gasteiger partial charge in [0.15, 0.2) is 11.5 Å². The minimum absolute atomic E-state index is 0.0215. The van der Waals surface area contributed by atoms with E-state index in [9.17, 15) is 4.79 Å². The summed E-state index contributed by atoms with van der Waals surface area (Å²) in [6.07, 6.45) is 4.58. The zero-order valence-corrected chi connectivity index (χ0v) is 15.4. The first-order chi connectivity index (χ1) is 12.7. The lowest BCUT2D eigenvalue weighted by Crippen LogP contribution is -2.66. The monoisotopic (exact) mass is 360 g/mol. The van der Waals surface area contributed by atoms with Crippen molar-refractivity contribution >= 4 is 6.03 Å². The molecule has 4 rings (SSSR count). The molecule has 2 heterocycles. The van der Waals surface area contributed by atoms with Crippen molar-refractivity contribution in [2.45, 2.75) is 31.8 Å². The molecule has 0 spiro atoms. The lowest BCUT2D eigenvalue weighted by molar-refractivity contribution is -0.0939. The number of urea groups is 1. The number of hydrogen-bond donors (Lipinski definition) is 1. The molecule has 6 nitrogen and oxygen atoms in total. The van der Waals surface area contributed by atoms with E-state index >= 15 is 0 Å². The molecular weight excluding hydrogens is 332 g/mol. The summed E-state index contributed by atoms with van der Waals surface area (Å²) in [5, 5.41) is 3.02. The van der Waals surface area contributed by atoms with E-state index in [1.165, 1.54) is 19.3 Å². The van der Waals surface area contributed by atoms with Gasteiger partial charge in [0.25, 0.3) is 0 Å². The van der Waals surface area contributed by atoms with Crippen LogP contribution in [0.5, 0.6) is 11.5 Å². The van der Waals surface area contributed by atoms with E-state index in [0.29, 0.717) is 13.2 Å². The van der Waals surface area contributed by atoms with Crippen LogP contribution in [-0.2, 0) is 4.74 Å². The summed E-state index contributed by atoms with van der Waals surface area (Å²) in [5.41, 5.74) is 0.189. The minimum Gasteiger partial charge on any atom is -0.486 e. The largest absolute Gasteiger partial charge is 0.486 e. The van der Waals surface area contributed by atoms with E-state index < -0.39 is 0 Å². The molecule has 0 radical (unpaired) electrons. The van der Waals surface area contributed by atoms with Crippen LogP contribution in [0.3, 0.4) is 0 Å². The van der Waals surface area contributed by atoms with Gasteiger partial charge in [-0.25, -0.2) is 4.79 Å². The molecule has 0 aromatic heterocycles. The highest BCUT2D eigenvalue weighted by molar-refractivity contribution is 5.75. The maximum Gasteiger partial charge on any atom is 0.317 e. The van der Waals surface area contributed by atoms with Crippen molar-refractivity contribution in [1.29, 1.82) is 0 Å². The number of fused-ring (bicyclic) bond motifs is 1. The van der Waals surface area contributed by atoms with E-state index in [0.717, 1.165) is 43.5 Å². The fourth-order valence-electron chi connectivity index (χ4n) is 4.29. The summed E-state index contributed by atoms with van der Waals surface area (Å²) >= 11 is 0. The maximum atomic E-state index is 12.4. The highest BCUT2D eigenvalue weighted by Gasteiger charge is 2.52. The van der Waals surface area contributed by atoms with Crippen LogP contribution in [0.15, 0.2) is 24.3 Å². The van der Waals surface area contributed by atoms with Crippen LogP contribution in [0.2, 0.25) is 0 Å². The molecule has 1 aliphatic carbocycles. The molecule has 1 unspecified atom stereocenters. The van der Waals surface area contributed by atoms with Crippen LogP contribution in [0.1, 0.15) is 25.7 Å². The number of rotatable bonds is 6. The van der Waals surface area contributed by atoms with Crippen molar-refractivity contribution in [1.82, 2.24) is 10.2 Å². The molecule has 2 aliphatic heterocycles. The van der Waals surface area contributed by atoms with Crippen LogP contribution in [-0.4, -0.2) is 57.0 Å². The Bertz CT molecular complexity index is 640. The van der Waals surface area contributed by atoms with Gasteiger partial charge in [-0.15, -0.1) is 0 Å². The predicted molar refractivity (Wildman–Crippen MR) is 97.6 cm³/mol. The first-order valence-electron chi connectivity index (χ1n) is 9.60. The molecule has 1 aromatic rings. The van der Waals surface area contributed by atoms with Crippen molar-refractivity contribution in [3.63, 3.8) is 0 Å². The first-order valence-corrected chi connectivity index (χ1v) is 9.60. The molecule has 2 fully saturated rings. The van der Waals surface area contributed by atoms with Crippen molar-refractivity contribution < 1.29 is 19.0 Å². The van der Waals surface area contributed by atoms with Gasteiger partial charge in [-0.3, -0.25) is 0 Å². The zero-order chi connectivity index (χ0) is 18.0. The van der Waals surface area contributed by atoms with Crippen LogP contribution < -0.4 is 14.8 Å². The second kappa shape index (κ2) is 7.35. The van der Waals surface area contributed by atoms with Crippen LogP contribution in [0.25, 0.3) is 0 Å². The number of methoxy groups -OCH3 is 1. The number of nitrogens with one attached hydrogen (secondary N) is 1. The highest BCUT2D eigenvalue weighted by Crippen LogP contribution is 2.48. The normalized spacial score (nSPS) is 23.7. The summed E-state index contributed by atoms with van der Waals surface area (Å²) in [5.74, 6) is 2.29. The molecule has 1 N–H and O–H groups in total. The van der Waals surface area contributed by atoms with Gasteiger partial charge in [0, 0.05) is 38.6 Å². The summed E-state index contributed by atoms with van der Waals surface area (Å²) in [6, 6.07) is 7.71. The van der Waals surface area contributed by atoms with Crippen LogP contribution >= 0.6 is 0 Å². The van der Waals surface area contributed by atoms with Gasteiger partial charge in [-0.05, 0) is 30.9 Å². The molecule has 0 bridgehead atoms. The van der Waals surface area contributed by atoms with Crippen molar-refractivity contribution in [3.8, 4) is 11.5 Å². The van der Waals surface area contributed by atoms with Gasteiger partial charge in [-0.1, -0.05) is 18.6 Å².